The number of rotatable bonds is 3. The number of anilines is 1. The molecule has 100 valence electrons. The second-order valence-electron chi connectivity index (χ2n) is 4.20. The molecule has 1 aliphatic rings. The molecule has 1 fully saturated rings. The van der Waals surface area contributed by atoms with Gasteiger partial charge in [-0.25, -0.2) is 13.1 Å². The first-order chi connectivity index (χ1) is 8.49. The van der Waals surface area contributed by atoms with Gasteiger partial charge < -0.3 is 5.73 Å². The van der Waals surface area contributed by atoms with E-state index in [-0.39, 0.29) is 16.0 Å². The van der Waals surface area contributed by atoms with Crippen LogP contribution in [0.25, 0.3) is 0 Å². The number of nitrogen functional groups attached to an aromatic ring is 1. The van der Waals surface area contributed by atoms with Crippen LogP contribution >= 0.6 is 23.4 Å². The van der Waals surface area contributed by atoms with Crippen LogP contribution in [-0.4, -0.2) is 26.0 Å². The van der Waals surface area contributed by atoms with Gasteiger partial charge in [-0.2, -0.15) is 11.8 Å². The van der Waals surface area contributed by atoms with Gasteiger partial charge in [0.2, 0.25) is 10.0 Å². The molecule has 4 nitrogen and oxygen atoms in total. The third kappa shape index (κ3) is 3.32. The summed E-state index contributed by atoms with van der Waals surface area (Å²) in [5.74, 6) is 1.97. The van der Waals surface area contributed by atoms with Gasteiger partial charge in [0.05, 0.1) is 5.02 Å². The predicted octanol–water partition coefficient (Wildman–Crippen LogP) is 2.10. The van der Waals surface area contributed by atoms with Crippen molar-refractivity contribution in [3.05, 3.63) is 23.2 Å². The molecule has 18 heavy (non-hydrogen) atoms. The maximum absolute atomic E-state index is 12.2. The quantitative estimate of drug-likeness (QED) is 0.839. The Morgan fingerprint density at radius 3 is 2.67 bits per heavy atom. The first-order valence-corrected chi connectivity index (χ1v) is 8.66. The van der Waals surface area contributed by atoms with Gasteiger partial charge in [0.25, 0.3) is 0 Å². The van der Waals surface area contributed by atoms with E-state index in [0.29, 0.717) is 5.69 Å². The second-order valence-corrected chi connectivity index (χ2v) is 7.51. The standard InChI is InChI=1S/C11H15ClN2O2S2/c12-10-2-1-8(13)7-11(10)18(15,16)14-9-3-5-17-6-4-9/h1-2,7,9,14H,3-6,13H2. The summed E-state index contributed by atoms with van der Waals surface area (Å²) in [5, 5.41) is 0.196. The number of benzene rings is 1. The lowest BCUT2D eigenvalue weighted by Gasteiger charge is -2.22. The van der Waals surface area contributed by atoms with Gasteiger partial charge in [0, 0.05) is 11.7 Å². The van der Waals surface area contributed by atoms with E-state index in [0.717, 1.165) is 24.3 Å². The van der Waals surface area contributed by atoms with Gasteiger partial charge in [-0.1, -0.05) is 11.6 Å². The molecule has 0 saturated carbocycles. The van der Waals surface area contributed by atoms with E-state index in [4.69, 9.17) is 17.3 Å². The molecule has 1 aliphatic heterocycles. The minimum atomic E-state index is -3.58. The molecule has 0 aliphatic carbocycles. The second kappa shape index (κ2) is 5.69. The van der Waals surface area contributed by atoms with Crippen LogP contribution in [0.4, 0.5) is 5.69 Å². The van der Waals surface area contributed by atoms with E-state index < -0.39 is 10.0 Å². The molecule has 0 bridgehead atoms. The Labute approximate surface area is 116 Å². The van der Waals surface area contributed by atoms with Gasteiger partial charge in [0.15, 0.2) is 0 Å². The minimum absolute atomic E-state index is 0.00579. The molecule has 2 rings (SSSR count). The average molecular weight is 307 g/mol. The van der Waals surface area contributed by atoms with Crippen molar-refractivity contribution in [2.45, 2.75) is 23.8 Å². The van der Waals surface area contributed by atoms with E-state index in [1.165, 1.54) is 12.1 Å². The van der Waals surface area contributed by atoms with Crippen LogP contribution < -0.4 is 10.5 Å². The van der Waals surface area contributed by atoms with Crippen LogP contribution in [0.1, 0.15) is 12.8 Å². The Hall–Kier alpha value is -0.430. The Kier molecular flexibility index (Phi) is 4.42. The monoisotopic (exact) mass is 306 g/mol. The van der Waals surface area contributed by atoms with E-state index in [1.807, 2.05) is 11.8 Å². The van der Waals surface area contributed by atoms with Crippen molar-refractivity contribution in [2.75, 3.05) is 17.2 Å². The van der Waals surface area contributed by atoms with Crippen LogP contribution in [0.2, 0.25) is 5.02 Å². The number of thioether (sulfide) groups is 1. The molecule has 0 atom stereocenters. The van der Waals surface area contributed by atoms with Crippen molar-refractivity contribution in [3.8, 4) is 0 Å². The Morgan fingerprint density at radius 1 is 1.33 bits per heavy atom. The zero-order valence-corrected chi connectivity index (χ0v) is 12.1. The molecule has 1 aromatic rings. The molecule has 1 aromatic carbocycles. The fourth-order valence-electron chi connectivity index (χ4n) is 1.82. The highest BCUT2D eigenvalue weighted by molar-refractivity contribution is 7.99. The van der Waals surface area contributed by atoms with E-state index in [9.17, 15) is 8.42 Å². The highest BCUT2D eigenvalue weighted by Gasteiger charge is 2.24. The summed E-state index contributed by atoms with van der Waals surface area (Å²) in [7, 11) is -3.58. The lowest BCUT2D eigenvalue weighted by molar-refractivity contribution is 0.529. The van der Waals surface area contributed by atoms with Crippen molar-refractivity contribution in [3.63, 3.8) is 0 Å². The maximum Gasteiger partial charge on any atom is 0.242 e. The van der Waals surface area contributed by atoms with Crippen LogP contribution in [0.15, 0.2) is 23.1 Å². The fourth-order valence-corrected chi connectivity index (χ4v) is 4.77. The number of halogens is 1. The lowest BCUT2D eigenvalue weighted by atomic mass is 10.2. The number of sulfonamides is 1. The number of hydrogen-bond acceptors (Lipinski definition) is 4. The van der Waals surface area contributed by atoms with Gasteiger partial charge in [0.1, 0.15) is 4.90 Å². The van der Waals surface area contributed by atoms with E-state index in [1.54, 1.807) is 6.07 Å². The van der Waals surface area contributed by atoms with Crippen molar-refractivity contribution < 1.29 is 8.42 Å². The maximum atomic E-state index is 12.2. The predicted molar refractivity (Wildman–Crippen MR) is 76.5 cm³/mol. The smallest absolute Gasteiger partial charge is 0.242 e. The zero-order valence-electron chi connectivity index (χ0n) is 9.73. The molecule has 1 saturated heterocycles. The molecule has 0 spiro atoms. The van der Waals surface area contributed by atoms with Gasteiger partial charge in [-0.3, -0.25) is 0 Å². The van der Waals surface area contributed by atoms with Crippen molar-refractivity contribution in [2.24, 2.45) is 0 Å². The summed E-state index contributed by atoms with van der Waals surface area (Å²) in [6.45, 7) is 0. The van der Waals surface area contributed by atoms with Crippen LogP contribution in [0, 0.1) is 0 Å². The van der Waals surface area contributed by atoms with Crippen molar-refractivity contribution in [1.29, 1.82) is 0 Å². The average Bonchev–Trinajstić information content (AvgIpc) is 2.33. The van der Waals surface area contributed by atoms with E-state index in [2.05, 4.69) is 4.72 Å². The van der Waals surface area contributed by atoms with Crippen LogP contribution in [0.3, 0.4) is 0 Å². The van der Waals surface area contributed by atoms with Gasteiger partial charge in [-0.05, 0) is 42.5 Å². The number of hydrogen-bond donors (Lipinski definition) is 2. The lowest BCUT2D eigenvalue weighted by Crippen LogP contribution is -2.37. The molecular formula is C11H15ClN2O2S2. The Morgan fingerprint density at radius 2 is 2.00 bits per heavy atom. The summed E-state index contributed by atoms with van der Waals surface area (Å²) in [4.78, 5) is 0.0578. The summed E-state index contributed by atoms with van der Waals surface area (Å²) >= 11 is 7.76. The molecule has 7 heteroatoms. The molecule has 0 unspecified atom stereocenters. The Bertz CT molecular complexity index is 528. The minimum Gasteiger partial charge on any atom is -0.399 e. The number of nitrogens with two attached hydrogens (primary N) is 1. The third-order valence-corrected chi connectivity index (χ3v) is 5.84. The summed E-state index contributed by atoms with van der Waals surface area (Å²) in [5.41, 5.74) is 5.99. The molecule has 0 aromatic heterocycles. The molecular weight excluding hydrogens is 292 g/mol. The fraction of sp³-hybridized carbons (Fsp3) is 0.455. The van der Waals surface area contributed by atoms with Crippen molar-refractivity contribution in [1.82, 2.24) is 4.72 Å². The normalized spacial score (nSPS) is 17.8. The largest absolute Gasteiger partial charge is 0.399 e. The zero-order chi connectivity index (χ0) is 13.2. The number of nitrogens with one attached hydrogen (secondary N) is 1. The molecule has 1 heterocycles. The highest BCUT2D eigenvalue weighted by Crippen LogP contribution is 2.25. The first kappa shape index (κ1) is 14.0. The molecule has 0 radical (unpaired) electrons. The summed E-state index contributed by atoms with van der Waals surface area (Å²) in [6.07, 6.45) is 1.70. The third-order valence-electron chi connectivity index (χ3n) is 2.79. The summed E-state index contributed by atoms with van der Waals surface area (Å²) < 4.78 is 27.1. The highest BCUT2D eigenvalue weighted by atomic mass is 35.5. The van der Waals surface area contributed by atoms with Gasteiger partial charge >= 0.3 is 0 Å². The molecule has 0 amide bonds. The molecule has 3 N–H and O–H groups in total. The summed E-state index contributed by atoms with van der Waals surface area (Å²) in [6, 6.07) is 4.47. The van der Waals surface area contributed by atoms with Crippen molar-refractivity contribution >= 4 is 39.1 Å². The Balaban J connectivity index is 2.21. The first-order valence-electron chi connectivity index (χ1n) is 5.64. The van der Waals surface area contributed by atoms with E-state index >= 15 is 0 Å². The van der Waals surface area contributed by atoms with Crippen LogP contribution in [0.5, 0.6) is 0 Å². The topological polar surface area (TPSA) is 72.2 Å². The SMILES string of the molecule is Nc1ccc(Cl)c(S(=O)(=O)NC2CCSCC2)c1. The van der Waals surface area contributed by atoms with Crippen LogP contribution in [-0.2, 0) is 10.0 Å². The van der Waals surface area contributed by atoms with Gasteiger partial charge in [-0.15, -0.1) is 0 Å².